The lowest BCUT2D eigenvalue weighted by Gasteiger charge is -2.29. The van der Waals surface area contributed by atoms with Crippen LogP contribution in [0.3, 0.4) is 0 Å². The predicted molar refractivity (Wildman–Crippen MR) is 30.3 cm³/mol. The first-order chi connectivity index (χ1) is 4.22. The molecule has 1 rings (SSSR count). The van der Waals surface area contributed by atoms with Crippen molar-refractivity contribution in [2.75, 3.05) is 13.3 Å². The highest BCUT2D eigenvalue weighted by Gasteiger charge is 2.18. The fourth-order valence-electron chi connectivity index (χ4n) is 0.591. The van der Waals surface area contributed by atoms with Crippen LogP contribution in [0, 0.1) is 0 Å². The van der Waals surface area contributed by atoms with Crippen LogP contribution in [0.2, 0.25) is 0 Å². The number of carbonyl (C=O) groups excluding carboxylic acids is 1. The summed E-state index contributed by atoms with van der Waals surface area (Å²) in [6.45, 7) is 0.707. The Morgan fingerprint density at radius 1 is 1.33 bits per heavy atom. The lowest BCUT2D eigenvalue weighted by Crippen LogP contribution is -2.61. The molecule has 0 bridgehead atoms. The maximum absolute atomic E-state index is 10.7. The second-order valence-electron chi connectivity index (χ2n) is 1.79. The molecule has 0 unspecified atom stereocenters. The van der Waals surface area contributed by atoms with Gasteiger partial charge in [0.05, 0.1) is 13.3 Å². The van der Waals surface area contributed by atoms with E-state index < -0.39 is 0 Å². The van der Waals surface area contributed by atoms with Gasteiger partial charge in [0.1, 0.15) is 0 Å². The third-order valence-electron chi connectivity index (χ3n) is 1.06. The van der Waals surface area contributed by atoms with Crippen molar-refractivity contribution in [3.8, 4) is 0 Å². The summed E-state index contributed by atoms with van der Waals surface area (Å²) in [5, 5.41) is 4.80. The first-order valence-electron chi connectivity index (χ1n) is 2.51. The lowest BCUT2D eigenvalue weighted by atomic mass is 10.7. The second kappa shape index (κ2) is 2.18. The Labute approximate surface area is 52.3 Å². The van der Waals surface area contributed by atoms with Crippen molar-refractivity contribution in [3.05, 3.63) is 0 Å². The maximum Gasteiger partial charge on any atom is 0.350 e. The van der Waals surface area contributed by atoms with Gasteiger partial charge in [0, 0.05) is 0 Å². The number of amides is 2. The van der Waals surface area contributed by atoms with Crippen molar-refractivity contribution in [2.45, 2.75) is 0 Å². The topological polar surface area (TPSA) is 87.6 Å². The van der Waals surface area contributed by atoms with Crippen LogP contribution in [-0.2, 0) is 0 Å². The molecule has 0 radical (unpaired) electrons. The average Bonchev–Trinajstić information content (AvgIpc) is 1.83. The zero-order chi connectivity index (χ0) is 6.85. The Morgan fingerprint density at radius 2 is 1.78 bits per heavy atom. The van der Waals surface area contributed by atoms with Gasteiger partial charge in [0.15, 0.2) is 0 Å². The number of hydrogen-bond acceptors (Lipinski definition) is 4. The highest BCUT2D eigenvalue weighted by atomic mass is 16.2. The van der Waals surface area contributed by atoms with Gasteiger partial charge in [-0.15, -0.1) is 0 Å². The number of nitrogens with two attached hydrogens (primary N) is 2. The molecule has 0 spiro atoms. The zero-order valence-electron chi connectivity index (χ0n) is 4.87. The average molecular weight is 131 g/mol. The highest BCUT2D eigenvalue weighted by molar-refractivity contribution is 5.73. The van der Waals surface area contributed by atoms with E-state index in [4.69, 9.17) is 11.7 Å². The monoisotopic (exact) mass is 131 g/mol. The number of carbonyl (C=O) groups is 1. The minimum atomic E-state index is -0.367. The van der Waals surface area contributed by atoms with E-state index >= 15 is 0 Å². The van der Waals surface area contributed by atoms with E-state index in [1.54, 1.807) is 0 Å². The molecule has 0 atom stereocenters. The summed E-state index contributed by atoms with van der Waals surface area (Å²) in [6.07, 6.45) is 0. The van der Waals surface area contributed by atoms with Crippen molar-refractivity contribution in [2.24, 2.45) is 11.7 Å². The van der Waals surface area contributed by atoms with Gasteiger partial charge in [-0.25, -0.2) is 26.5 Å². The summed E-state index contributed by atoms with van der Waals surface area (Å²) < 4.78 is 0. The van der Waals surface area contributed by atoms with E-state index in [1.807, 2.05) is 0 Å². The van der Waals surface area contributed by atoms with Gasteiger partial charge < -0.3 is 0 Å². The number of rotatable bonds is 0. The van der Waals surface area contributed by atoms with Crippen molar-refractivity contribution >= 4 is 6.03 Å². The van der Waals surface area contributed by atoms with Gasteiger partial charge in [-0.2, -0.15) is 0 Å². The Balaban J connectivity index is 2.52. The van der Waals surface area contributed by atoms with E-state index in [0.29, 0.717) is 13.3 Å². The number of nitrogens with one attached hydrogen (secondary N) is 1. The molecule has 1 saturated heterocycles. The summed E-state index contributed by atoms with van der Waals surface area (Å²) in [5.74, 6) is 10.3. The number of urea groups is 1. The Hall–Kier alpha value is -0.850. The van der Waals surface area contributed by atoms with Crippen LogP contribution in [0.5, 0.6) is 0 Å². The van der Waals surface area contributed by atoms with Crippen molar-refractivity contribution in [1.29, 1.82) is 0 Å². The minimum absolute atomic E-state index is 0.354. The Morgan fingerprint density at radius 3 is 2.11 bits per heavy atom. The first-order valence-corrected chi connectivity index (χ1v) is 2.51. The van der Waals surface area contributed by atoms with Gasteiger partial charge in [0.2, 0.25) is 0 Å². The molecule has 1 aliphatic heterocycles. The van der Waals surface area contributed by atoms with Crippen LogP contribution >= 0.6 is 0 Å². The molecular formula is C3H9N5O. The van der Waals surface area contributed by atoms with E-state index in [2.05, 4.69) is 5.32 Å². The summed E-state index contributed by atoms with van der Waals surface area (Å²) >= 11 is 0. The third kappa shape index (κ3) is 1.10. The molecule has 6 heteroatoms. The standard InChI is InChI=1S/C3H9N5O/c4-7-1-6-2-8(5)3(7)9/h6H,1-2,4-5H2. The highest BCUT2D eigenvalue weighted by Crippen LogP contribution is 1.89. The minimum Gasteiger partial charge on any atom is -0.280 e. The van der Waals surface area contributed by atoms with Crippen LogP contribution in [0.25, 0.3) is 0 Å². The molecule has 2 amide bonds. The molecule has 0 aromatic rings. The van der Waals surface area contributed by atoms with Gasteiger partial charge >= 0.3 is 6.03 Å². The number of hydrazine groups is 2. The number of nitrogens with zero attached hydrogens (tertiary/aromatic N) is 2. The Bertz CT molecular complexity index is 113. The van der Waals surface area contributed by atoms with Crippen molar-refractivity contribution < 1.29 is 4.79 Å². The van der Waals surface area contributed by atoms with E-state index in [0.717, 1.165) is 10.0 Å². The molecule has 1 aliphatic rings. The molecule has 0 aromatic heterocycles. The first kappa shape index (κ1) is 6.27. The van der Waals surface area contributed by atoms with Crippen molar-refractivity contribution in [3.63, 3.8) is 0 Å². The molecule has 0 aromatic carbocycles. The largest absolute Gasteiger partial charge is 0.350 e. The van der Waals surface area contributed by atoms with E-state index in [1.165, 1.54) is 0 Å². The van der Waals surface area contributed by atoms with Gasteiger partial charge in [0.25, 0.3) is 0 Å². The van der Waals surface area contributed by atoms with Crippen LogP contribution in [-0.4, -0.2) is 29.4 Å². The van der Waals surface area contributed by atoms with Gasteiger partial charge in [-0.05, 0) is 0 Å². The molecule has 9 heavy (non-hydrogen) atoms. The quantitative estimate of drug-likeness (QED) is 0.261. The van der Waals surface area contributed by atoms with Crippen molar-refractivity contribution in [1.82, 2.24) is 15.3 Å². The summed E-state index contributed by atoms with van der Waals surface area (Å²) in [7, 11) is 0. The molecular weight excluding hydrogens is 122 g/mol. The SMILES string of the molecule is NN1CNCN(N)C1=O. The maximum atomic E-state index is 10.7. The van der Waals surface area contributed by atoms with E-state index in [9.17, 15) is 4.79 Å². The lowest BCUT2D eigenvalue weighted by molar-refractivity contribution is 0.118. The predicted octanol–water partition coefficient (Wildman–Crippen LogP) is -2.02. The molecule has 0 aliphatic carbocycles. The van der Waals surface area contributed by atoms with Crippen LogP contribution in [0.4, 0.5) is 4.79 Å². The van der Waals surface area contributed by atoms with Crippen LogP contribution in [0.1, 0.15) is 0 Å². The molecule has 0 saturated carbocycles. The van der Waals surface area contributed by atoms with E-state index in [-0.39, 0.29) is 6.03 Å². The van der Waals surface area contributed by atoms with Gasteiger partial charge in [-0.3, -0.25) is 5.32 Å². The molecule has 6 nitrogen and oxygen atoms in total. The zero-order valence-corrected chi connectivity index (χ0v) is 4.87. The summed E-state index contributed by atoms with van der Waals surface area (Å²) in [4.78, 5) is 10.7. The van der Waals surface area contributed by atoms with Crippen LogP contribution in [0.15, 0.2) is 0 Å². The number of hydrogen-bond donors (Lipinski definition) is 3. The third-order valence-corrected chi connectivity index (χ3v) is 1.06. The summed E-state index contributed by atoms with van der Waals surface area (Å²) in [5.41, 5.74) is 0. The smallest absolute Gasteiger partial charge is 0.280 e. The second-order valence-corrected chi connectivity index (χ2v) is 1.79. The fraction of sp³-hybridized carbons (Fsp3) is 0.667. The molecule has 5 N–H and O–H groups in total. The fourth-order valence-corrected chi connectivity index (χ4v) is 0.591. The molecule has 52 valence electrons. The molecule has 1 heterocycles. The molecule has 1 fully saturated rings. The van der Waals surface area contributed by atoms with Crippen LogP contribution < -0.4 is 17.0 Å². The Kier molecular flexibility index (Phi) is 1.52. The van der Waals surface area contributed by atoms with Gasteiger partial charge in [-0.1, -0.05) is 0 Å². The normalized spacial score (nSPS) is 20.9. The summed E-state index contributed by atoms with van der Waals surface area (Å²) in [6, 6.07) is -0.367.